The minimum Gasteiger partial charge on any atom is -0.311 e. The van der Waals surface area contributed by atoms with Crippen LogP contribution in [0.5, 0.6) is 0 Å². The predicted octanol–water partition coefficient (Wildman–Crippen LogP) is 3.66. The van der Waals surface area contributed by atoms with E-state index in [4.69, 9.17) is 0 Å². The van der Waals surface area contributed by atoms with Gasteiger partial charge in [-0.25, -0.2) is 0 Å². The van der Waals surface area contributed by atoms with Crippen molar-refractivity contribution in [2.24, 2.45) is 11.8 Å². The molecule has 0 aromatic carbocycles. The second-order valence-corrected chi connectivity index (χ2v) is 6.90. The van der Waals surface area contributed by atoms with E-state index in [-0.39, 0.29) is 0 Å². The molecular formula is C17H34N2. The number of nitrogens with zero attached hydrogens (tertiary/aromatic N) is 1. The lowest BCUT2D eigenvalue weighted by Crippen LogP contribution is -2.60. The molecule has 2 rings (SSSR count). The molecule has 1 aliphatic carbocycles. The summed E-state index contributed by atoms with van der Waals surface area (Å²) in [7, 11) is 0. The SMILES string of the molecule is CCC(C)C1CN(C(CC)CC2CC2)C(CC)CN1. The molecule has 1 saturated carbocycles. The van der Waals surface area contributed by atoms with Crippen molar-refractivity contribution in [1.82, 2.24) is 10.2 Å². The molecule has 2 nitrogen and oxygen atoms in total. The van der Waals surface area contributed by atoms with Gasteiger partial charge in [0.1, 0.15) is 0 Å². The Labute approximate surface area is 120 Å². The van der Waals surface area contributed by atoms with E-state index in [1.165, 1.54) is 51.6 Å². The van der Waals surface area contributed by atoms with Crippen LogP contribution >= 0.6 is 0 Å². The van der Waals surface area contributed by atoms with Gasteiger partial charge in [0, 0.05) is 31.2 Å². The van der Waals surface area contributed by atoms with Crippen LogP contribution in [-0.2, 0) is 0 Å². The fourth-order valence-electron chi connectivity index (χ4n) is 3.61. The predicted molar refractivity (Wildman–Crippen MR) is 83.5 cm³/mol. The Morgan fingerprint density at radius 2 is 1.89 bits per heavy atom. The molecule has 2 aliphatic rings. The lowest BCUT2D eigenvalue weighted by atomic mass is 9.92. The molecule has 4 atom stereocenters. The van der Waals surface area contributed by atoms with Crippen molar-refractivity contribution in [2.75, 3.05) is 13.1 Å². The molecule has 0 spiro atoms. The zero-order valence-electron chi connectivity index (χ0n) is 13.5. The average molecular weight is 266 g/mol. The highest BCUT2D eigenvalue weighted by Gasteiger charge is 2.35. The maximum Gasteiger partial charge on any atom is 0.0221 e. The van der Waals surface area contributed by atoms with Crippen molar-refractivity contribution in [3.8, 4) is 0 Å². The highest BCUT2D eigenvalue weighted by atomic mass is 15.3. The summed E-state index contributed by atoms with van der Waals surface area (Å²) in [5.74, 6) is 1.86. The lowest BCUT2D eigenvalue weighted by molar-refractivity contribution is 0.0558. The number of nitrogens with one attached hydrogen (secondary N) is 1. The lowest BCUT2D eigenvalue weighted by Gasteiger charge is -2.46. The third-order valence-corrected chi connectivity index (χ3v) is 5.54. The standard InChI is InChI=1S/C17H34N2/c1-5-13(4)17-12-19(16(7-3)11-18-17)15(6-2)10-14-8-9-14/h13-18H,5-12H2,1-4H3. The topological polar surface area (TPSA) is 15.3 Å². The summed E-state index contributed by atoms with van der Waals surface area (Å²) >= 11 is 0. The first-order chi connectivity index (χ1) is 9.19. The van der Waals surface area contributed by atoms with E-state index in [1.807, 2.05) is 0 Å². The molecule has 4 unspecified atom stereocenters. The van der Waals surface area contributed by atoms with Crippen molar-refractivity contribution < 1.29 is 0 Å². The van der Waals surface area contributed by atoms with Crippen LogP contribution in [0, 0.1) is 11.8 Å². The van der Waals surface area contributed by atoms with E-state index < -0.39 is 0 Å². The fraction of sp³-hybridized carbons (Fsp3) is 1.00. The van der Waals surface area contributed by atoms with Crippen LogP contribution in [0.4, 0.5) is 0 Å². The van der Waals surface area contributed by atoms with Gasteiger partial charge in [0.05, 0.1) is 0 Å². The van der Waals surface area contributed by atoms with E-state index in [9.17, 15) is 0 Å². The van der Waals surface area contributed by atoms with Gasteiger partial charge in [-0.2, -0.15) is 0 Å². The molecular weight excluding hydrogens is 232 g/mol. The summed E-state index contributed by atoms with van der Waals surface area (Å²) in [4.78, 5) is 2.87. The quantitative estimate of drug-likeness (QED) is 0.756. The Morgan fingerprint density at radius 3 is 2.42 bits per heavy atom. The third kappa shape index (κ3) is 3.95. The molecule has 0 aromatic heterocycles. The number of hydrogen-bond donors (Lipinski definition) is 1. The van der Waals surface area contributed by atoms with Crippen LogP contribution in [0.1, 0.15) is 66.2 Å². The smallest absolute Gasteiger partial charge is 0.0221 e. The molecule has 19 heavy (non-hydrogen) atoms. The van der Waals surface area contributed by atoms with Crippen LogP contribution in [0.2, 0.25) is 0 Å². The summed E-state index contributed by atoms with van der Waals surface area (Å²) in [5, 5.41) is 3.81. The molecule has 2 heteroatoms. The van der Waals surface area contributed by atoms with Gasteiger partial charge in [0.2, 0.25) is 0 Å². The monoisotopic (exact) mass is 266 g/mol. The summed E-state index contributed by atoms with van der Waals surface area (Å²) in [6.45, 7) is 12.0. The minimum atomic E-state index is 0.709. The van der Waals surface area contributed by atoms with Gasteiger partial charge in [-0.1, -0.05) is 47.0 Å². The van der Waals surface area contributed by atoms with Crippen molar-refractivity contribution in [3.63, 3.8) is 0 Å². The highest BCUT2D eigenvalue weighted by molar-refractivity contribution is 4.92. The first-order valence-corrected chi connectivity index (χ1v) is 8.68. The van der Waals surface area contributed by atoms with Gasteiger partial charge in [-0.15, -0.1) is 0 Å². The van der Waals surface area contributed by atoms with Crippen LogP contribution in [0.3, 0.4) is 0 Å². The molecule has 1 N–H and O–H groups in total. The molecule has 1 saturated heterocycles. The molecule has 112 valence electrons. The van der Waals surface area contributed by atoms with Gasteiger partial charge < -0.3 is 5.32 Å². The molecule has 1 heterocycles. The molecule has 1 aliphatic heterocycles. The Bertz CT molecular complexity index is 262. The fourth-order valence-corrected chi connectivity index (χ4v) is 3.61. The van der Waals surface area contributed by atoms with Crippen molar-refractivity contribution >= 4 is 0 Å². The largest absolute Gasteiger partial charge is 0.311 e. The summed E-state index contributed by atoms with van der Waals surface area (Å²) in [5.41, 5.74) is 0. The van der Waals surface area contributed by atoms with E-state index in [2.05, 4.69) is 37.9 Å². The van der Waals surface area contributed by atoms with Gasteiger partial charge in [-0.05, 0) is 31.1 Å². The van der Waals surface area contributed by atoms with Crippen molar-refractivity contribution in [2.45, 2.75) is 84.3 Å². The number of piperazine rings is 1. The van der Waals surface area contributed by atoms with Crippen LogP contribution in [0.25, 0.3) is 0 Å². The summed E-state index contributed by atoms with van der Waals surface area (Å²) in [6, 6.07) is 2.32. The second kappa shape index (κ2) is 7.08. The zero-order chi connectivity index (χ0) is 13.8. The van der Waals surface area contributed by atoms with E-state index in [0.717, 1.165) is 23.9 Å². The van der Waals surface area contributed by atoms with Crippen molar-refractivity contribution in [3.05, 3.63) is 0 Å². The third-order valence-electron chi connectivity index (χ3n) is 5.54. The molecule has 0 bridgehead atoms. The van der Waals surface area contributed by atoms with E-state index >= 15 is 0 Å². The van der Waals surface area contributed by atoms with Crippen molar-refractivity contribution in [1.29, 1.82) is 0 Å². The van der Waals surface area contributed by atoms with Gasteiger partial charge in [-0.3, -0.25) is 4.90 Å². The van der Waals surface area contributed by atoms with Crippen LogP contribution < -0.4 is 5.32 Å². The summed E-state index contributed by atoms with van der Waals surface area (Å²) in [6.07, 6.45) is 8.37. The number of rotatable bonds is 7. The number of hydrogen-bond acceptors (Lipinski definition) is 2. The first kappa shape index (κ1) is 15.3. The Morgan fingerprint density at radius 1 is 1.16 bits per heavy atom. The van der Waals surface area contributed by atoms with Gasteiger partial charge >= 0.3 is 0 Å². The Hall–Kier alpha value is -0.0800. The summed E-state index contributed by atoms with van der Waals surface area (Å²) < 4.78 is 0. The first-order valence-electron chi connectivity index (χ1n) is 8.68. The Balaban J connectivity index is 1.98. The molecule has 0 aromatic rings. The Kier molecular flexibility index (Phi) is 5.70. The zero-order valence-corrected chi connectivity index (χ0v) is 13.5. The van der Waals surface area contributed by atoms with Crippen LogP contribution in [-0.4, -0.2) is 36.1 Å². The second-order valence-electron chi connectivity index (χ2n) is 6.90. The van der Waals surface area contributed by atoms with E-state index in [0.29, 0.717) is 6.04 Å². The molecule has 0 amide bonds. The maximum absolute atomic E-state index is 3.81. The minimum absolute atomic E-state index is 0.709. The highest BCUT2D eigenvalue weighted by Crippen LogP contribution is 2.36. The van der Waals surface area contributed by atoms with Crippen LogP contribution in [0.15, 0.2) is 0 Å². The molecule has 0 radical (unpaired) electrons. The van der Waals surface area contributed by atoms with Gasteiger partial charge in [0.25, 0.3) is 0 Å². The average Bonchev–Trinajstić information content (AvgIpc) is 3.27. The maximum atomic E-state index is 3.81. The van der Waals surface area contributed by atoms with Gasteiger partial charge in [0.15, 0.2) is 0 Å². The normalized spacial score (nSPS) is 32.2. The van der Waals surface area contributed by atoms with E-state index in [1.54, 1.807) is 0 Å². The molecule has 2 fully saturated rings.